The van der Waals surface area contributed by atoms with Crippen LogP contribution in [-0.4, -0.2) is 65.5 Å². The van der Waals surface area contributed by atoms with Gasteiger partial charge in [0.1, 0.15) is 5.56 Å². The predicted octanol–water partition coefficient (Wildman–Crippen LogP) is 2.13. The summed E-state index contributed by atoms with van der Waals surface area (Å²) in [4.78, 5) is 15.7. The number of hydrogen-bond acceptors (Lipinski definition) is 5. The lowest BCUT2D eigenvalue weighted by Gasteiger charge is -2.54. The van der Waals surface area contributed by atoms with Crippen molar-refractivity contribution in [2.24, 2.45) is 23.7 Å². The molecule has 2 N–H and O–H groups in total. The van der Waals surface area contributed by atoms with Crippen LogP contribution in [-0.2, 0) is 6.54 Å². The first-order valence-electron chi connectivity index (χ1n) is 12.0. The van der Waals surface area contributed by atoms with Gasteiger partial charge in [0, 0.05) is 38.8 Å². The normalized spacial score (nSPS) is 33.2. The number of piperazine rings is 1. The molecule has 7 heteroatoms. The topological polar surface area (TPSA) is 71.4 Å². The van der Waals surface area contributed by atoms with Crippen LogP contribution in [0.25, 0.3) is 0 Å². The average molecular weight is 416 g/mol. The fraction of sp³-hybridized carbons (Fsp3) is 0.826. The molecule has 0 spiro atoms. The molecule has 6 rings (SSSR count). The Morgan fingerprint density at radius 3 is 2.43 bits per heavy atom. The highest BCUT2D eigenvalue weighted by Gasteiger charge is 2.48. The first kappa shape index (κ1) is 20.3. The highest BCUT2D eigenvalue weighted by atomic mass is 16.5. The highest BCUT2D eigenvalue weighted by Crippen LogP contribution is 2.53. The summed E-state index contributed by atoms with van der Waals surface area (Å²) in [5, 5.41) is 11.4. The summed E-state index contributed by atoms with van der Waals surface area (Å²) in [6.07, 6.45) is 8.36. The van der Waals surface area contributed by atoms with Gasteiger partial charge in [0.2, 0.25) is 5.88 Å². The van der Waals surface area contributed by atoms with Crippen molar-refractivity contribution in [3.8, 4) is 5.88 Å². The molecule has 30 heavy (non-hydrogen) atoms. The minimum absolute atomic E-state index is 0.00320. The van der Waals surface area contributed by atoms with Crippen LogP contribution in [0.3, 0.4) is 0 Å². The Balaban J connectivity index is 1.28. The van der Waals surface area contributed by atoms with Crippen LogP contribution in [0.5, 0.6) is 5.88 Å². The maximum absolute atomic E-state index is 13.3. The quantitative estimate of drug-likeness (QED) is 0.714. The van der Waals surface area contributed by atoms with Gasteiger partial charge in [-0.05, 0) is 69.6 Å². The van der Waals surface area contributed by atoms with Gasteiger partial charge >= 0.3 is 0 Å². The fourth-order valence-corrected chi connectivity index (χ4v) is 6.60. The van der Waals surface area contributed by atoms with E-state index in [4.69, 9.17) is 4.74 Å². The van der Waals surface area contributed by atoms with Crippen LogP contribution >= 0.6 is 0 Å². The van der Waals surface area contributed by atoms with E-state index in [0.29, 0.717) is 29.3 Å². The van der Waals surface area contributed by atoms with Crippen molar-refractivity contribution in [1.29, 1.82) is 0 Å². The standard InChI is InChI=1S/C23H37N5O2/c1-15(2)30-23-20(14-25-28(23)8-7-27-5-3-24-4-6-27)22(29)26-21-18-10-16-9-17(12-18)13-19(21)11-16/h14-19,21,24H,3-13H2,1-2H3,(H,26,29). The molecule has 1 saturated heterocycles. The van der Waals surface area contributed by atoms with Gasteiger partial charge in [-0.25, -0.2) is 4.68 Å². The smallest absolute Gasteiger partial charge is 0.258 e. The lowest BCUT2D eigenvalue weighted by Crippen LogP contribution is -2.55. The van der Waals surface area contributed by atoms with Gasteiger partial charge in [-0.15, -0.1) is 0 Å². The van der Waals surface area contributed by atoms with Gasteiger partial charge in [0.15, 0.2) is 0 Å². The molecule has 166 valence electrons. The van der Waals surface area contributed by atoms with Crippen molar-refractivity contribution in [3.63, 3.8) is 0 Å². The van der Waals surface area contributed by atoms with E-state index in [1.165, 1.54) is 32.1 Å². The Morgan fingerprint density at radius 2 is 1.80 bits per heavy atom. The minimum Gasteiger partial charge on any atom is -0.475 e. The third-order valence-electron chi connectivity index (χ3n) is 7.75. The SMILES string of the molecule is CC(C)Oc1c(C(=O)NC2C3CC4CC(C3)CC2C4)cnn1CCN1CCNCC1. The van der Waals surface area contributed by atoms with Gasteiger partial charge in [0.05, 0.1) is 18.8 Å². The zero-order valence-electron chi connectivity index (χ0n) is 18.5. The number of carbonyl (C=O) groups excluding carboxylic acids is 1. The van der Waals surface area contributed by atoms with Crippen LogP contribution in [0.15, 0.2) is 6.20 Å². The molecule has 4 aliphatic carbocycles. The van der Waals surface area contributed by atoms with Crippen molar-refractivity contribution < 1.29 is 9.53 Å². The number of hydrogen-bond donors (Lipinski definition) is 2. The second kappa shape index (κ2) is 8.50. The molecule has 1 aromatic rings. The van der Waals surface area contributed by atoms with E-state index in [9.17, 15) is 4.79 Å². The molecule has 0 aromatic carbocycles. The van der Waals surface area contributed by atoms with Gasteiger partial charge < -0.3 is 15.4 Å². The first-order valence-corrected chi connectivity index (χ1v) is 12.0. The van der Waals surface area contributed by atoms with Crippen LogP contribution < -0.4 is 15.4 Å². The van der Waals surface area contributed by atoms with Crippen LogP contribution in [0.1, 0.15) is 56.3 Å². The zero-order chi connectivity index (χ0) is 20.7. The van der Waals surface area contributed by atoms with Crippen molar-refractivity contribution >= 4 is 5.91 Å². The molecule has 5 fully saturated rings. The molecule has 2 heterocycles. The van der Waals surface area contributed by atoms with Crippen LogP contribution in [0, 0.1) is 23.7 Å². The van der Waals surface area contributed by atoms with E-state index in [2.05, 4.69) is 20.6 Å². The Kier molecular flexibility index (Phi) is 5.75. The lowest BCUT2D eigenvalue weighted by atomic mass is 9.54. The monoisotopic (exact) mass is 415 g/mol. The number of amides is 1. The van der Waals surface area contributed by atoms with Gasteiger partial charge in [0.25, 0.3) is 5.91 Å². The summed E-state index contributed by atoms with van der Waals surface area (Å²) in [7, 11) is 0. The van der Waals surface area contributed by atoms with Crippen molar-refractivity contribution in [2.45, 2.75) is 64.6 Å². The predicted molar refractivity (Wildman–Crippen MR) is 116 cm³/mol. The summed E-state index contributed by atoms with van der Waals surface area (Å²) in [6.45, 7) is 9.87. The largest absolute Gasteiger partial charge is 0.475 e. The molecule has 1 amide bonds. The third-order valence-corrected chi connectivity index (χ3v) is 7.75. The average Bonchev–Trinajstić information content (AvgIpc) is 3.11. The molecule has 0 unspecified atom stereocenters. The summed E-state index contributed by atoms with van der Waals surface area (Å²) in [5.41, 5.74) is 0.595. The summed E-state index contributed by atoms with van der Waals surface area (Å²) in [5.74, 6) is 3.78. The van der Waals surface area contributed by atoms with Gasteiger partial charge in [-0.2, -0.15) is 5.10 Å². The Bertz CT molecular complexity index is 727. The fourth-order valence-electron chi connectivity index (χ4n) is 6.60. The van der Waals surface area contributed by atoms with E-state index in [-0.39, 0.29) is 12.0 Å². The molecule has 5 aliphatic rings. The molecule has 0 radical (unpaired) electrons. The highest BCUT2D eigenvalue weighted by molar-refractivity contribution is 5.96. The molecule has 1 aromatic heterocycles. The van der Waals surface area contributed by atoms with E-state index in [1.54, 1.807) is 6.20 Å². The third kappa shape index (κ3) is 4.11. The minimum atomic E-state index is -0.00320. The number of carbonyl (C=O) groups is 1. The zero-order valence-corrected chi connectivity index (χ0v) is 18.5. The molecule has 4 saturated carbocycles. The molecule has 0 atom stereocenters. The van der Waals surface area contributed by atoms with Gasteiger partial charge in [-0.1, -0.05) is 0 Å². The van der Waals surface area contributed by atoms with Crippen LogP contribution in [0.4, 0.5) is 0 Å². The van der Waals surface area contributed by atoms with Crippen LogP contribution in [0.2, 0.25) is 0 Å². The van der Waals surface area contributed by atoms with Gasteiger partial charge in [-0.3, -0.25) is 9.69 Å². The Hall–Kier alpha value is -1.60. The van der Waals surface area contributed by atoms with E-state index in [0.717, 1.165) is 51.1 Å². The maximum atomic E-state index is 13.3. The maximum Gasteiger partial charge on any atom is 0.258 e. The molecule has 4 bridgehead atoms. The second-order valence-corrected chi connectivity index (χ2v) is 10.3. The molecule has 7 nitrogen and oxygen atoms in total. The summed E-state index contributed by atoms with van der Waals surface area (Å²) in [6, 6.07) is 0.335. The first-order chi connectivity index (χ1) is 14.6. The van der Waals surface area contributed by atoms with E-state index >= 15 is 0 Å². The summed E-state index contributed by atoms with van der Waals surface area (Å²) < 4.78 is 7.98. The number of rotatable bonds is 7. The number of nitrogens with one attached hydrogen (secondary N) is 2. The number of aromatic nitrogens is 2. The van der Waals surface area contributed by atoms with Crippen molar-refractivity contribution in [3.05, 3.63) is 11.8 Å². The second-order valence-electron chi connectivity index (χ2n) is 10.3. The lowest BCUT2D eigenvalue weighted by molar-refractivity contribution is -0.0120. The Morgan fingerprint density at radius 1 is 1.13 bits per heavy atom. The van der Waals surface area contributed by atoms with E-state index in [1.807, 2.05) is 18.5 Å². The molecular weight excluding hydrogens is 378 g/mol. The van der Waals surface area contributed by atoms with Crippen molar-refractivity contribution in [2.75, 3.05) is 32.7 Å². The number of ether oxygens (including phenoxy) is 1. The van der Waals surface area contributed by atoms with Crippen molar-refractivity contribution in [1.82, 2.24) is 25.3 Å². The van der Waals surface area contributed by atoms with E-state index < -0.39 is 0 Å². The molecular formula is C23H37N5O2. The molecule has 1 aliphatic heterocycles. The summed E-state index contributed by atoms with van der Waals surface area (Å²) >= 11 is 0. The Labute approximate surface area is 179 Å². The number of nitrogens with zero attached hydrogens (tertiary/aromatic N) is 3.